The first-order valence-electron chi connectivity index (χ1n) is 25.7. The molecule has 22 heteroatoms. The maximum absolute atomic E-state index is 13.4. The molecule has 3 aliphatic rings. The highest BCUT2D eigenvalue weighted by Crippen LogP contribution is 2.51. The molecule has 2 unspecified atom stereocenters. The number of nitrogens with one attached hydrogen (secondary N) is 3. The van der Waals surface area contributed by atoms with Crippen LogP contribution < -0.4 is 20.9 Å². The Kier molecular flexibility index (Phi) is 23.3. The van der Waals surface area contributed by atoms with Gasteiger partial charge in [-0.25, -0.2) is 5.26 Å². The molecule has 7 N–H and O–H groups in total. The fraction of sp³-hybridized carbons (Fsp3) is 0.528. The third-order valence-electron chi connectivity index (χ3n) is 13.9. The molecule has 0 spiro atoms. The van der Waals surface area contributed by atoms with Crippen LogP contribution in [0.2, 0.25) is 0 Å². The van der Waals surface area contributed by atoms with E-state index in [2.05, 4.69) is 45.5 Å². The number of carbonyl (C=O) groups excluding carboxylic acids is 3. The summed E-state index contributed by atoms with van der Waals surface area (Å²) in [6.45, 7) is 7.76. The van der Waals surface area contributed by atoms with E-state index in [4.69, 9.17) is 14.7 Å². The standard InChI is InChI=1S/C53H73N5O14S3/c1-52(2)41-37-39(73-72-71-64)27-29-44(41)57-34-19-9-13-25-49(60)56-43(51(63)55-33-17-8-14-26-50(61)62)21-15-18-32-54-48(59)24-12-7-16-31-53(3)42-38-40(75(68,69)70)28-30-45(42)58(35-20-36-74(65,66)67)47(53)23-11-6-4-5-10-22-46(52)57/h4-6,10-11,22-23,27-30,37-38,43H,7-9,12-21,24-26,31-36H2,1-3H3,(H6-,54,55,56,59,60,61,62,63,64,65,66,67,68,69,70)/p+1. The zero-order chi connectivity index (χ0) is 54.7. The van der Waals surface area contributed by atoms with Crippen LogP contribution in [0, 0.1) is 0 Å². The van der Waals surface area contributed by atoms with Crippen LogP contribution in [-0.2, 0) is 59.6 Å². The van der Waals surface area contributed by atoms with Gasteiger partial charge in [-0.05, 0) is 127 Å². The molecule has 412 valence electrons. The van der Waals surface area contributed by atoms with Gasteiger partial charge in [0.1, 0.15) is 12.6 Å². The molecular weight excluding hydrogens is 1030 g/mol. The van der Waals surface area contributed by atoms with E-state index >= 15 is 0 Å². The van der Waals surface area contributed by atoms with Crippen molar-refractivity contribution in [3.05, 3.63) is 95.8 Å². The van der Waals surface area contributed by atoms with Gasteiger partial charge >= 0.3 is 5.97 Å². The number of amides is 3. The van der Waals surface area contributed by atoms with Crippen LogP contribution in [0.3, 0.4) is 0 Å². The van der Waals surface area contributed by atoms with Crippen molar-refractivity contribution >= 4 is 73.1 Å². The third-order valence-corrected chi connectivity index (χ3v) is 16.1. The van der Waals surface area contributed by atoms with Crippen molar-refractivity contribution in [3.63, 3.8) is 0 Å². The smallest absolute Gasteiger partial charge is 0.303 e. The molecule has 3 amide bonds. The normalized spacial score (nSPS) is 22.3. The summed E-state index contributed by atoms with van der Waals surface area (Å²) in [5.74, 6) is -2.03. The highest BCUT2D eigenvalue weighted by Gasteiger charge is 2.45. The molecule has 0 radical (unpaired) electrons. The van der Waals surface area contributed by atoms with Gasteiger partial charge in [-0.15, -0.1) is 4.33 Å². The highest BCUT2D eigenvalue weighted by atomic mass is 32.2. The third kappa shape index (κ3) is 18.2. The minimum atomic E-state index is -4.58. The van der Waals surface area contributed by atoms with Crippen molar-refractivity contribution in [2.24, 2.45) is 0 Å². The molecule has 2 atom stereocenters. The number of fused-ring (bicyclic) bond motifs is 5. The monoisotopic (exact) mass is 1100 g/mol. The fourth-order valence-electron chi connectivity index (χ4n) is 10.00. The fourth-order valence-corrected chi connectivity index (χ4v) is 11.4. The van der Waals surface area contributed by atoms with Crippen LogP contribution in [-0.4, -0.2) is 108 Å². The van der Waals surface area contributed by atoms with E-state index in [1.807, 2.05) is 66.5 Å². The van der Waals surface area contributed by atoms with Crippen LogP contribution in [0.25, 0.3) is 0 Å². The van der Waals surface area contributed by atoms with Gasteiger partial charge < -0.3 is 26.0 Å². The molecular formula is C53H74N5O14S3+. The number of aliphatic carboxylic acids is 1. The van der Waals surface area contributed by atoms with Crippen LogP contribution >= 0.6 is 12.0 Å². The number of carboxylic acid groups (broad SMARTS) is 1. The number of carboxylic acids is 1. The van der Waals surface area contributed by atoms with Crippen LogP contribution in [0.1, 0.15) is 141 Å². The molecule has 2 aromatic carbocycles. The molecule has 0 saturated carbocycles. The maximum Gasteiger partial charge on any atom is 0.303 e. The summed E-state index contributed by atoms with van der Waals surface area (Å²) in [6.07, 6.45) is 21.6. The van der Waals surface area contributed by atoms with E-state index in [1.165, 1.54) is 12.1 Å². The highest BCUT2D eigenvalue weighted by molar-refractivity contribution is 7.94. The minimum Gasteiger partial charge on any atom is -0.481 e. The number of carbonyl (C=O) groups is 4. The van der Waals surface area contributed by atoms with Gasteiger partial charge in [0.15, 0.2) is 5.71 Å². The van der Waals surface area contributed by atoms with Gasteiger partial charge in [0.2, 0.25) is 23.4 Å². The minimum absolute atomic E-state index is 0.0569. The Labute approximate surface area is 445 Å². The first-order valence-corrected chi connectivity index (χ1v) is 29.5. The van der Waals surface area contributed by atoms with Crippen LogP contribution in [0.15, 0.2) is 94.4 Å². The lowest BCUT2D eigenvalue weighted by Gasteiger charge is -2.30. The molecule has 0 fully saturated rings. The second-order valence-electron chi connectivity index (χ2n) is 19.9. The van der Waals surface area contributed by atoms with Crippen molar-refractivity contribution in [2.45, 2.75) is 157 Å². The molecule has 2 aromatic rings. The second kappa shape index (κ2) is 28.8. The van der Waals surface area contributed by atoms with E-state index in [1.54, 1.807) is 6.07 Å². The lowest BCUT2D eigenvalue weighted by atomic mass is 9.77. The second-order valence-corrected chi connectivity index (χ2v) is 23.6. The summed E-state index contributed by atoms with van der Waals surface area (Å²) < 4.78 is 75.1. The predicted molar refractivity (Wildman–Crippen MR) is 287 cm³/mol. The zero-order valence-corrected chi connectivity index (χ0v) is 45.6. The lowest BCUT2D eigenvalue weighted by molar-refractivity contribution is -0.438. The van der Waals surface area contributed by atoms with Gasteiger partial charge in [0.05, 0.1) is 28.1 Å². The summed E-state index contributed by atoms with van der Waals surface area (Å²) in [5, 5.41) is 30.4. The Morgan fingerprint density at radius 1 is 0.840 bits per heavy atom. The summed E-state index contributed by atoms with van der Waals surface area (Å²) in [4.78, 5) is 52.9. The number of anilines is 1. The van der Waals surface area contributed by atoms with Crippen molar-refractivity contribution in [1.82, 2.24) is 16.0 Å². The lowest BCUT2D eigenvalue weighted by Crippen LogP contribution is -2.47. The molecule has 3 aliphatic heterocycles. The Morgan fingerprint density at radius 3 is 2.31 bits per heavy atom. The molecule has 0 saturated heterocycles. The number of allylic oxidation sites excluding steroid dienone is 8. The maximum atomic E-state index is 13.4. The average molecular weight is 1100 g/mol. The van der Waals surface area contributed by atoms with E-state index in [0.29, 0.717) is 102 Å². The molecule has 5 rings (SSSR count). The Bertz CT molecular complexity index is 2720. The van der Waals surface area contributed by atoms with Gasteiger partial charge in [-0.2, -0.15) is 21.4 Å². The van der Waals surface area contributed by atoms with Gasteiger partial charge in [0, 0.05) is 84.7 Å². The summed E-state index contributed by atoms with van der Waals surface area (Å²) in [7, 11) is -8.86. The number of hydrogen-bond acceptors (Lipinski definition) is 13. The molecule has 75 heavy (non-hydrogen) atoms. The first kappa shape index (κ1) is 60.7. The molecule has 3 heterocycles. The van der Waals surface area contributed by atoms with Crippen molar-refractivity contribution in [2.75, 3.05) is 36.8 Å². The number of nitrogens with zero attached hydrogens (tertiary/aromatic N) is 2. The average Bonchev–Trinajstić information content (AvgIpc) is 3.70. The first-order chi connectivity index (χ1) is 35.7. The van der Waals surface area contributed by atoms with Crippen molar-refractivity contribution < 1.29 is 69.4 Å². The van der Waals surface area contributed by atoms with E-state index in [0.717, 1.165) is 52.4 Å². The zero-order valence-electron chi connectivity index (χ0n) is 43.1. The van der Waals surface area contributed by atoms with Crippen LogP contribution in [0.4, 0.5) is 11.4 Å². The SMILES string of the molecule is CC1(C)C2=[N+](CCCCCC(=O)NC(C(=O)NCCCCCC(=O)O)CCCCNC(=O)CCCCCC3(C)/C(=C/C=C/C=C/C=C2)N(CCCS(=O)(=O)O)c2ccc(S(=O)(=O)O)cc23)c2ccc(SOOO)cc21. The summed E-state index contributed by atoms with van der Waals surface area (Å²) >= 11 is 0.875. The number of rotatable bonds is 15. The van der Waals surface area contributed by atoms with Crippen molar-refractivity contribution in [1.29, 1.82) is 0 Å². The van der Waals surface area contributed by atoms with Crippen LogP contribution in [0.5, 0.6) is 0 Å². The van der Waals surface area contributed by atoms with Gasteiger partial charge in [0.25, 0.3) is 20.2 Å². The largest absolute Gasteiger partial charge is 0.481 e. The Morgan fingerprint density at radius 2 is 1.57 bits per heavy atom. The topological polar surface area (TPSA) is 278 Å². The summed E-state index contributed by atoms with van der Waals surface area (Å²) in [6, 6.07) is 9.42. The Hall–Kier alpha value is -5.20. The number of benzene rings is 2. The quantitative estimate of drug-likeness (QED) is 0.0220. The summed E-state index contributed by atoms with van der Waals surface area (Å²) in [5.41, 5.74) is 3.78. The van der Waals surface area contributed by atoms with Gasteiger partial charge in [-0.3, -0.25) is 28.3 Å². The molecule has 0 aromatic heterocycles. The molecule has 19 nitrogen and oxygen atoms in total. The molecule has 0 bridgehead atoms. The van der Waals surface area contributed by atoms with Crippen molar-refractivity contribution in [3.8, 4) is 0 Å². The van der Waals surface area contributed by atoms with Gasteiger partial charge in [-0.1, -0.05) is 54.7 Å². The Balaban J connectivity index is 1.43. The molecule has 0 aliphatic carbocycles. The number of hydrogen-bond donors (Lipinski definition) is 7. The predicted octanol–water partition coefficient (Wildman–Crippen LogP) is 8.40. The number of unbranched alkanes of at least 4 members (excludes halogenated alkanes) is 2. The van der Waals surface area contributed by atoms with E-state index < -0.39 is 48.8 Å². The van der Waals surface area contributed by atoms with E-state index in [9.17, 15) is 45.1 Å². The van der Waals surface area contributed by atoms with E-state index in [-0.39, 0.29) is 54.8 Å².